The fourth-order valence-electron chi connectivity index (χ4n) is 2.23. The molecule has 0 bridgehead atoms. The largest absolute Gasteiger partial charge is 0.491 e. The molecule has 24 heavy (non-hydrogen) atoms. The van der Waals surface area contributed by atoms with Crippen LogP contribution < -0.4 is 15.9 Å². The van der Waals surface area contributed by atoms with Gasteiger partial charge in [0.15, 0.2) is 5.43 Å². The lowest BCUT2D eigenvalue weighted by Crippen LogP contribution is -2.26. The fraction of sp³-hybridized carbons (Fsp3) is 0.167. The number of hydrogen-bond donors (Lipinski definition) is 2. The molecule has 3 aromatic rings. The third-order valence-corrected chi connectivity index (χ3v) is 3.47. The fourth-order valence-corrected chi connectivity index (χ4v) is 2.23. The van der Waals surface area contributed by atoms with Gasteiger partial charge in [-0.1, -0.05) is 30.3 Å². The molecule has 0 spiro atoms. The quantitative estimate of drug-likeness (QED) is 0.741. The number of hydrogen-bond acceptors (Lipinski definition) is 5. The molecule has 0 aliphatic rings. The summed E-state index contributed by atoms with van der Waals surface area (Å²) in [5.41, 5.74) is 6.50. The summed E-state index contributed by atoms with van der Waals surface area (Å²) in [5, 5.41) is 9.93. The molecule has 0 aliphatic carbocycles. The van der Waals surface area contributed by atoms with Gasteiger partial charge in [-0.25, -0.2) is 0 Å². The third kappa shape index (κ3) is 3.94. The number of ether oxygens (including phenoxy) is 1. The van der Waals surface area contributed by atoms with Crippen LogP contribution in [0.4, 0.5) is 0 Å². The molecule has 1 unspecified atom stereocenters. The van der Waals surface area contributed by atoms with Crippen LogP contribution in [0.5, 0.6) is 5.75 Å². The molecule has 3 rings (SSSR count). The van der Waals surface area contributed by atoms with Gasteiger partial charge in [-0.15, -0.1) is 12.4 Å². The monoisotopic (exact) mass is 347 g/mol. The highest BCUT2D eigenvalue weighted by molar-refractivity contribution is 5.85. The summed E-state index contributed by atoms with van der Waals surface area (Å²) < 4.78 is 11.3. The first-order valence-corrected chi connectivity index (χ1v) is 7.31. The molecule has 0 saturated carbocycles. The lowest BCUT2D eigenvalue weighted by atomic mass is 10.1. The number of benzene rings is 2. The molecule has 0 radical (unpaired) electrons. The molecule has 6 heteroatoms. The molecular formula is C18H18ClNO4. The lowest BCUT2D eigenvalue weighted by molar-refractivity contribution is 0.114. The summed E-state index contributed by atoms with van der Waals surface area (Å²) in [6, 6.07) is 15.9. The van der Waals surface area contributed by atoms with Crippen LogP contribution in [0.3, 0.4) is 0 Å². The van der Waals surface area contributed by atoms with Crippen molar-refractivity contribution in [2.24, 2.45) is 5.73 Å². The topological polar surface area (TPSA) is 85.7 Å². The number of aliphatic hydroxyl groups excluding tert-OH is 1. The van der Waals surface area contributed by atoms with Crippen molar-refractivity contribution in [3.63, 3.8) is 0 Å². The molecule has 0 fully saturated rings. The zero-order valence-corrected chi connectivity index (χ0v) is 13.7. The molecule has 126 valence electrons. The van der Waals surface area contributed by atoms with Crippen LogP contribution in [0.15, 0.2) is 63.8 Å². The lowest BCUT2D eigenvalue weighted by Gasteiger charge is -2.10. The van der Waals surface area contributed by atoms with Crippen LogP contribution in [0.2, 0.25) is 0 Å². The maximum absolute atomic E-state index is 12.2. The zero-order chi connectivity index (χ0) is 16.2. The summed E-state index contributed by atoms with van der Waals surface area (Å²) in [6.07, 6.45) is -0.728. The van der Waals surface area contributed by atoms with Crippen molar-refractivity contribution in [3.8, 4) is 17.1 Å². The average Bonchev–Trinajstić information content (AvgIpc) is 2.60. The second kappa shape index (κ2) is 7.97. The molecule has 2 aromatic carbocycles. The number of rotatable bonds is 5. The number of nitrogens with two attached hydrogens (primary N) is 1. The number of halogens is 1. The van der Waals surface area contributed by atoms with Crippen molar-refractivity contribution in [2.45, 2.75) is 6.10 Å². The van der Waals surface area contributed by atoms with Crippen LogP contribution in [0.1, 0.15) is 0 Å². The Bertz CT molecular complexity index is 864. The van der Waals surface area contributed by atoms with Crippen LogP contribution >= 0.6 is 12.4 Å². The standard InChI is InChI=1S/C18H17NO4.ClH/c19-10-13(20)11-22-14-6-7-15-16(21)9-17(23-18(15)8-14)12-4-2-1-3-5-12;/h1-9,13,20H,10-11,19H2;1H. The SMILES string of the molecule is Cl.NCC(O)COc1ccc2c(=O)cc(-c3ccccc3)oc2c1. The van der Waals surface area contributed by atoms with E-state index in [0.717, 1.165) is 5.56 Å². The Morgan fingerprint density at radius 2 is 1.88 bits per heavy atom. The number of fused-ring (bicyclic) bond motifs is 1. The summed E-state index contributed by atoms with van der Waals surface area (Å²) in [7, 11) is 0. The molecule has 0 amide bonds. The third-order valence-electron chi connectivity index (χ3n) is 3.47. The summed E-state index contributed by atoms with van der Waals surface area (Å²) >= 11 is 0. The van der Waals surface area contributed by atoms with E-state index >= 15 is 0 Å². The highest BCUT2D eigenvalue weighted by Gasteiger charge is 2.09. The molecule has 1 aromatic heterocycles. The Morgan fingerprint density at radius 3 is 2.58 bits per heavy atom. The zero-order valence-electron chi connectivity index (χ0n) is 12.8. The average molecular weight is 348 g/mol. The maximum atomic E-state index is 12.2. The Labute approximate surface area is 145 Å². The minimum absolute atomic E-state index is 0. The van der Waals surface area contributed by atoms with Gasteiger partial charge >= 0.3 is 0 Å². The molecule has 5 nitrogen and oxygen atoms in total. The normalized spacial score (nSPS) is 11.8. The van der Waals surface area contributed by atoms with E-state index in [1.54, 1.807) is 18.2 Å². The van der Waals surface area contributed by atoms with Gasteiger partial charge in [-0.05, 0) is 12.1 Å². The van der Waals surface area contributed by atoms with Crippen LogP contribution in [0.25, 0.3) is 22.3 Å². The summed E-state index contributed by atoms with van der Waals surface area (Å²) in [4.78, 5) is 12.2. The first-order chi connectivity index (χ1) is 11.2. The van der Waals surface area contributed by atoms with Gasteiger partial charge < -0.3 is 20.0 Å². The summed E-state index contributed by atoms with van der Waals surface area (Å²) in [5.74, 6) is 1.01. The predicted molar refractivity (Wildman–Crippen MR) is 95.7 cm³/mol. The molecule has 0 saturated heterocycles. The Morgan fingerprint density at radius 1 is 1.12 bits per heavy atom. The van der Waals surface area contributed by atoms with E-state index in [4.69, 9.17) is 14.9 Å². The first kappa shape index (κ1) is 18.0. The van der Waals surface area contributed by atoms with E-state index in [0.29, 0.717) is 22.5 Å². The highest BCUT2D eigenvalue weighted by Crippen LogP contribution is 2.24. The van der Waals surface area contributed by atoms with E-state index in [1.165, 1.54) is 6.07 Å². The predicted octanol–water partition coefficient (Wildman–Crippen LogP) is 2.58. The van der Waals surface area contributed by atoms with Crippen molar-refractivity contribution in [1.82, 2.24) is 0 Å². The summed E-state index contributed by atoms with van der Waals surface area (Å²) in [6.45, 7) is 0.214. The van der Waals surface area contributed by atoms with Crippen LogP contribution in [0, 0.1) is 0 Å². The van der Waals surface area contributed by atoms with Gasteiger partial charge in [0, 0.05) is 24.2 Å². The van der Waals surface area contributed by atoms with E-state index in [9.17, 15) is 9.90 Å². The Hall–Kier alpha value is -2.34. The van der Waals surface area contributed by atoms with Gasteiger partial charge in [-0.2, -0.15) is 0 Å². The van der Waals surface area contributed by atoms with E-state index in [2.05, 4.69) is 0 Å². The van der Waals surface area contributed by atoms with Crippen LogP contribution in [-0.4, -0.2) is 24.4 Å². The minimum atomic E-state index is -0.728. The van der Waals surface area contributed by atoms with Crippen molar-refractivity contribution < 1.29 is 14.3 Å². The molecule has 1 heterocycles. The Balaban J connectivity index is 0.00000208. The molecule has 1 atom stereocenters. The van der Waals surface area contributed by atoms with Gasteiger partial charge in [-0.3, -0.25) is 4.79 Å². The van der Waals surface area contributed by atoms with E-state index < -0.39 is 6.10 Å². The van der Waals surface area contributed by atoms with Gasteiger partial charge in [0.2, 0.25) is 0 Å². The maximum Gasteiger partial charge on any atom is 0.193 e. The molecular weight excluding hydrogens is 330 g/mol. The second-order valence-electron chi connectivity index (χ2n) is 5.20. The van der Waals surface area contributed by atoms with Gasteiger partial charge in [0.25, 0.3) is 0 Å². The first-order valence-electron chi connectivity index (χ1n) is 7.31. The van der Waals surface area contributed by atoms with Gasteiger partial charge in [0.1, 0.15) is 29.8 Å². The van der Waals surface area contributed by atoms with E-state index in [1.807, 2.05) is 30.3 Å². The van der Waals surface area contributed by atoms with Crippen molar-refractivity contribution in [3.05, 3.63) is 64.8 Å². The molecule has 3 N–H and O–H groups in total. The minimum Gasteiger partial charge on any atom is -0.491 e. The number of aliphatic hydroxyl groups is 1. The van der Waals surface area contributed by atoms with Crippen molar-refractivity contribution in [2.75, 3.05) is 13.2 Å². The Kier molecular flexibility index (Phi) is 5.98. The smallest absolute Gasteiger partial charge is 0.193 e. The molecule has 0 aliphatic heterocycles. The van der Waals surface area contributed by atoms with Crippen molar-refractivity contribution >= 4 is 23.4 Å². The van der Waals surface area contributed by atoms with E-state index in [-0.39, 0.29) is 31.0 Å². The van der Waals surface area contributed by atoms with Crippen LogP contribution in [-0.2, 0) is 0 Å². The second-order valence-corrected chi connectivity index (χ2v) is 5.20. The van der Waals surface area contributed by atoms with Crippen molar-refractivity contribution in [1.29, 1.82) is 0 Å². The van der Waals surface area contributed by atoms with Gasteiger partial charge in [0.05, 0.1) is 5.39 Å². The highest BCUT2D eigenvalue weighted by atomic mass is 35.5.